The van der Waals surface area contributed by atoms with Gasteiger partial charge in [0.2, 0.25) is 5.91 Å². The van der Waals surface area contributed by atoms with Gasteiger partial charge < -0.3 is 10.2 Å². The molecule has 1 aliphatic rings. The first-order valence-corrected chi connectivity index (χ1v) is 8.09. The fourth-order valence-corrected chi connectivity index (χ4v) is 2.82. The van der Waals surface area contributed by atoms with Crippen molar-refractivity contribution in [3.8, 4) is 11.4 Å². The molecule has 8 nitrogen and oxygen atoms in total. The lowest BCUT2D eigenvalue weighted by Gasteiger charge is -2.19. The molecule has 128 valence electrons. The molecule has 1 fully saturated rings. The minimum Gasteiger partial charge on any atom is -0.348 e. The molecule has 2 aromatic heterocycles. The van der Waals surface area contributed by atoms with Gasteiger partial charge in [-0.05, 0) is 32.6 Å². The van der Waals surface area contributed by atoms with E-state index >= 15 is 0 Å². The van der Waals surface area contributed by atoms with Gasteiger partial charge in [-0.25, -0.2) is 4.98 Å². The van der Waals surface area contributed by atoms with Gasteiger partial charge in [-0.2, -0.15) is 5.10 Å². The Hall–Kier alpha value is -2.32. The van der Waals surface area contributed by atoms with E-state index in [1.807, 2.05) is 12.1 Å². The van der Waals surface area contributed by atoms with E-state index in [9.17, 15) is 4.79 Å². The van der Waals surface area contributed by atoms with Crippen LogP contribution in [0.5, 0.6) is 0 Å². The number of hydrogen-bond acceptors (Lipinski definition) is 6. The van der Waals surface area contributed by atoms with Crippen molar-refractivity contribution < 1.29 is 4.79 Å². The van der Waals surface area contributed by atoms with Crippen LogP contribution >= 0.6 is 0 Å². The number of H-pyrrole nitrogens is 1. The number of pyridine rings is 1. The van der Waals surface area contributed by atoms with Gasteiger partial charge >= 0.3 is 0 Å². The first kappa shape index (κ1) is 16.5. The summed E-state index contributed by atoms with van der Waals surface area (Å²) in [5, 5.41) is 9.92. The van der Waals surface area contributed by atoms with Crippen LogP contribution in [0.15, 0.2) is 24.5 Å². The molecular formula is C16H23N7O. The van der Waals surface area contributed by atoms with E-state index in [-0.39, 0.29) is 5.91 Å². The predicted molar refractivity (Wildman–Crippen MR) is 90.0 cm³/mol. The van der Waals surface area contributed by atoms with Crippen LogP contribution < -0.4 is 5.32 Å². The summed E-state index contributed by atoms with van der Waals surface area (Å²) < 4.78 is 0. The summed E-state index contributed by atoms with van der Waals surface area (Å²) >= 11 is 0. The van der Waals surface area contributed by atoms with Gasteiger partial charge in [-0.15, -0.1) is 0 Å². The number of amides is 1. The molecule has 0 bridgehead atoms. The second-order valence-corrected chi connectivity index (χ2v) is 6.26. The standard InChI is InChI=1S/C16H23N7O/c1-22(2)13-5-8-23(10-13)11-15(24)18-9-14-19-16(21-20-14)12-3-6-17-7-4-12/h3-4,6-7,13H,5,8-11H2,1-2H3,(H,18,24)(H,19,20,21). The zero-order valence-electron chi connectivity index (χ0n) is 14.1. The van der Waals surface area contributed by atoms with Gasteiger partial charge in [0.25, 0.3) is 0 Å². The number of nitrogens with zero attached hydrogens (tertiary/aromatic N) is 5. The van der Waals surface area contributed by atoms with E-state index in [0.717, 1.165) is 25.1 Å². The van der Waals surface area contributed by atoms with Gasteiger partial charge in [0.15, 0.2) is 5.82 Å². The summed E-state index contributed by atoms with van der Waals surface area (Å²) in [6.07, 6.45) is 4.51. The van der Waals surface area contributed by atoms with Crippen molar-refractivity contribution in [2.45, 2.75) is 19.0 Å². The van der Waals surface area contributed by atoms with Crippen LogP contribution in [-0.4, -0.2) is 75.6 Å². The van der Waals surface area contributed by atoms with Gasteiger partial charge in [0.05, 0.1) is 13.1 Å². The molecule has 1 amide bonds. The predicted octanol–water partition coefficient (Wildman–Crippen LogP) is 0.119. The summed E-state index contributed by atoms with van der Waals surface area (Å²) in [5.74, 6) is 1.26. The second kappa shape index (κ2) is 7.50. The number of likely N-dealkylation sites (N-methyl/N-ethyl adjacent to an activating group) is 1. The zero-order chi connectivity index (χ0) is 16.9. The summed E-state index contributed by atoms with van der Waals surface area (Å²) in [4.78, 5) is 24.8. The number of rotatable bonds is 6. The highest BCUT2D eigenvalue weighted by Crippen LogP contribution is 2.13. The van der Waals surface area contributed by atoms with E-state index in [1.54, 1.807) is 12.4 Å². The molecule has 0 saturated carbocycles. The van der Waals surface area contributed by atoms with Crippen molar-refractivity contribution in [2.75, 3.05) is 33.7 Å². The quantitative estimate of drug-likeness (QED) is 0.782. The zero-order valence-corrected chi connectivity index (χ0v) is 14.1. The average Bonchev–Trinajstić information content (AvgIpc) is 3.23. The Morgan fingerprint density at radius 3 is 2.92 bits per heavy atom. The number of likely N-dealkylation sites (tertiary alicyclic amines) is 1. The highest BCUT2D eigenvalue weighted by molar-refractivity contribution is 5.78. The topological polar surface area (TPSA) is 90.0 Å². The molecule has 1 unspecified atom stereocenters. The van der Waals surface area contributed by atoms with Crippen LogP contribution in [0, 0.1) is 0 Å². The van der Waals surface area contributed by atoms with E-state index in [1.165, 1.54) is 0 Å². The lowest BCUT2D eigenvalue weighted by Crippen LogP contribution is -2.38. The van der Waals surface area contributed by atoms with Crippen LogP contribution in [0.2, 0.25) is 0 Å². The monoisotopic (exact) mass is 329 g/mol. The highest BCUT2D eigenvalue weighted by atomic mass is 16.2. The summed E-state index contributed by atoms with van der Waals surface area (Å²) in [5.41, 5.74) is 0.894. The summed E-state index contributed by atoms with van der Waals surface area (Å²) in [6, 6.07) is 4.23. The van der Waals surface area contributed by atoms with E-state index in [4.69, 9.17) is 0 Å². The lowest BCUT2D eigenvalue weighted by molar-refractivity contribution is -0.122. The highest BCUT2D eigenvalue weighted by Gasteiger charge is 2.25. The smallest absolute Gasteiger partial charge is 0.234 e. The maximum absolute atomic E-state index is 12.1. The third-order valence-electron chi connectivity index (χ3n) is 4.27. The Morgan fingerprint density at radius 1 is 1.42 bits per heavy atom. The molecule has 0 spiro atoms. The molecule has 1 saturated heterocycles. The molecular weight excluding hydrogens is 306 g/mol. The molecule has 1 atom stereocenters. The Kier molecular flexibility index (Phi) is 5.17. The largest absolute Gasteiger partial charge is 0.348 e. The number of carbonyl (C=O) groups is 1. The van der Waals surface area contributed by atoms with Crippen molar-refractivity contribution in [1.82, 2.24) is 35.3 Å². The van der Waals surface area contributed by atoms with Crippen molar-refractivity contribution >= 4 is 5.91 Å². The van der Waals surface area contributed by atoms with Gasteiger partial charge in [0, 0.05) is 37.1 Å². The number of carbonyl (C=O) groups excluding carboxylic acids is 1. The first-order valence-electron chi connectivity index (χ1n) is 8.09. The number of nitrogens with one attached hydrogen (secondary N) is 2. The minimum absolute atomic E-state index is 0.0104. The summed E-state index contributed by atoms with van der Waals surface area (Å²) in [6.45, 7) is 2.68. The third kappa shape index (κ3) is 4.15. The van der Waals surface area contributed by atoms with Crippen LogP contribution in [0.4, 0.5) is 0 Å². The molecule has 3 heterocycles. The molecule has 2 aromatic rings. The fraction of sp³-hybridized carbons (Fsp3) is 0.500. The number of hydrogen-bond donors (Lipinski definition) is 2. The molecule has 24 heavy (non-hydrogen) atoms. The summed E-state index contributed by atoms with van der Waals surface area (Å²) in [7, 11) is 4.16. The maximum atomic E-state index is 12.1. The first-order chi connectivity index (χ1) is 11.6. The molecule has 2 N–H and O–H groups in total. The third-order valence-corrected chi connectivity index (χ3v) is 4.27. The molecule has 0 aromatic carbocycles. The number of aromatic nitrogens is 4. The van der Waals surface area contributed by atoms with Crippen molar-refractivity contribution in [1.29, 1.82) is 0 Å². The van der Waals surface area contributed by atoms with Crippen LogP contribution in [0.25, 0.3) is 11.4 Å². The Bertz CT molecular complexity index is 670. The van der Waals surface area contributed by atoms with Crippen molar-refractivity contribution in [3.63, 3.8) is 0 Å². The maximum Gasteiger partial charge on any atom is 0.234 e. The second-order valence-electron chi connectivity index (χ2n) is 6.26. The Balaban J connectivity index is 1.46. The van der Waals surface area contributed by atoms with E-state index in [0.29, 0.717) is 30.8 Å². The van der Waals surface area contributed by atoms with Crippen molar-refractivity contribution in [2.24, 2.45) is 0 Å². The lowest BCUT2D eigenvalue weighted by atomic mass is 10.2. The average molecular weight is 329 g/mol. The van der Waals surface area contributed by atoms with E-state index < -0.39 is 0 Å². The Morgan fingerprint density at radius 2 is 2.21 bits per heavy atom. The van der Waals surface area contributed by atoms with Crippen LogP contribution in [0.1, 0.15) is 12.2 Å². The molecule has 0 radical (unpaired) electrons. The normalized spacial score (nSPS) is 18.2. The van der Waals surface area contributed by atoms with Gasteiger partial charge in [-0.3, -0.25) is 19.8 Å². The van der Waals surface area contributed by atoms with Gasteiger partial charge in [-0.1, -0.05) is 0 Å². The van der Waals surface area contributed by atoms with Crippen LogP contribution in [0.3, 0.4) is 0 Å². The van der Waals surface area contributed by atoms with Crippen molar-refractivity contribution in [3.05, 3.63) is 30.4 Å². The molecule has 0 aliphatic carbocycles. The molecule has 3 rings (SSSR count). The fourth-order valence-electron chi connectivity index (χ4n) is 2.82. The SMILES string of the molecule is CN(C)C1CCN(CC(=O)NCc2nc(-c3ccncc3)n[nH]2)C1. The van der Waals surface area contributed by atoms with E-state index in [2.05, 4.69) is 49.4 Å². The Labute approximate surface area is 141 Å². The minimum atomic E-state index is 0.0104. The number of aromatic amines is 1. The van der Waals surface area contributed by atoms with Crippen LogP contribution in [-0.2, 0) is 11.3 Å². The molecule has 1 aliphatic heterocycles. The molecule has 8 heteroatoms. The van der Waals surface area contributed by atoms with Gasteiger partial charge in [0.1, 0.15) is 5.82 Å².